The van der Waals surface area contributed by atoms with Crippen LogP contribution in [0.15, 0.2) is 43.8 Å². The lowest BCUT2D eigenvalue weighted by molar-refractivity contribution is 0.833. The van der Waals surface area contributed by atoms with Gasteiger partial charge in [-0.1, -0.05) is 24.3 Å². The van der Waals surface area contributed by atoms with Gasteiger partial charge >= 0.3 is 0 Å². The zero-order chi connectivity index (χ0) is 14.5. The number of hydrogen-bond donors (Lipinski definition) is 0. The maximum absolute atomic E-state index is 2.39. The first-order valence-corrected chi connectivity index (χ1v) is 14.2. The van der Waals surface area contributed by atoms with Crippen molar-refractivity contribution in [2.24, 2.45) is 0 Å². The van der Waals surface area contributed by atoms with E-state index in [9.17, 15) is 0 Å². The van der Waals surface area contributed by atoms with Gasteiger partial charge in [0, 0.05) is 19.6 Å². The Balaban J connectivity index is 1.65. The van der Waals surface area contributed by atoms with Crippen LogP contribution in [0.1, 0.15) is 22.3 Å². The standard InChI is InChI=1S/C16H12S6/c1-2-10-7-8-12-4-3-11(15-16(12)20-22-19-15)6-5-9(1)13-14(10)18-21-17-13/h1-4H,5-8H2. The highest BCUT2D eigenvalue weighted by Crippen LogP contribution is 2.60. The molecule has 2 aromatic rings. The first-order valence-electron chi connectivity index (χ1n) is 7.22. The molecule has 0 saturated heterocycles. The van der Waals surface area contributed by atoms with Crippen LogP contribution in [0.4, 0.5) is 0 Å². The van der Waals surface area contributed by atoms with Gasteiger partial charge in [-0.25, -0.2) is 0 Å². The maximum atomic E-state index is 2.39. The van der Waals surface area contributed by atoms with Crippen molar-refractivity contribution in [2.45, 2.75) is 45.3 Å². The fourth-order valence-electron chi connectivity index (χ4n) is 3.15. The highest BCUT2D eigenvalue weighted by Gasteiger charge is 2.25. The molecule has 2 aliphatic carbocycles. The molecule has 6 heteroatoms. The zero-order valence-electron chi connectivity index (χ0n) is 11.6. The number of hydrogen-bond acceptors (Lipinski definition) is 6. The highest BCUT2D eigenvalue weighted by molar-refractivity contribution is 9.10. The van der Waals surface area contributed by atoms with Gasteiger partial charge in [0.2, 0.25) is 0 Å². The summed E-state index contributed by atoms with van der Waals surface area (Å²) in [4.78, 5) is 6.21. The Kier molecular flexibility index (Phi) is 4.13. The van der Waals surface area contributed by atoms with Crippen molar-refractivity contribution in [1.29, 1.82) is 0 Å². The molecule has 2 aliphatic heterocycles. The molecule has 2 heterocycles. The second-order valence-corrected chi connectivity index (χ2v) is 13.4. The first kappa shape index (κ1) is 14.8. The van der Waals surface area contributed by atoms with Crippen LogP contribution in [0.25, 0.3) is 0 Å². The van der Waals surface area contributed by atoms with Crippen molar-refractivity contribution in [2.75, 3.05) is 0 Å². The van der Waals surface area contributed by atoms with E-state index in [0.717, 1.165) is 0 Å². The molecule has 0 amide bonds. The molecule has 2 aromatic carbocycles. The van der Waals surface area contributed by atoms with Gasteiger partial charge in [0.1, 0.15) is 0 Å². The molecule has 4 bridgehead atoms. The Morgan fingerprint density at radius 2 is 0.727 bits per heavy atom. The van der Waals surface area contributed by atoms with E-state index in [1.165, 1.54) is 25.7 Å². The van der Waals surface area contributed by atoms with E-state index < -0.39 is 0 Å². The second-order valence-electron chi connectivity index (χ2n) is 5.55. The van der Waals surface area contributed by atoms with Crippen molar-refractivity contribution in [3.63, 3.8) is 0 Å². The van der Waals surface area contributed by atoms with Crippen LogP contribution in [-0.4, -0.2) is 0 Å². The third kappa shape index (κ3) is 2.45. The summed E-state index contributed by atoms with van der Waals surface area (Å²) in [6, 6.07) is 9.55. The van der Waals surface area contributed by atoms with Gasteiger partial charge in [-0.3, -0.25) is 0 Å². The predicted octanol–water partition coefficient (Wildman–Crippen LogP) is 7.09. The van der Waals surface area contributed by atoms with Crippen molar-refractivity contribution < 1.29 is 0 Å². The van der Waals surface area contributed by atoms with E-state index in [1.54, 1.807) is 41.8 Å². The minimum Gasteiger partial charge on any atom is -0.0575 e. The number of benzene rings is 2. The molecule has 0 atom stereocenters. The monoisotopic (exact) mass is 396 g/mol. The molecule has 6 rings (SSSR count). The van der Waals surface area contributed by atoms with E-state index in [-0.39, 0.29) is 0 Å². The lowest BCUT2D eigenvalue weighted by atomic mass is 9.96. The maximum Gasteiger partial charge on any atom is 0.0371 e. The number of rotatable bonds is 0. The normalized spacial score (nSPS) is 18.9. The minimum absolute atomic E-state index is 1.17. The van der Waals surface area contributed by atoms with Crippen LogP contribution >= 0.6 is 62.8 Å². The van der Waals surface area contributed by atoms with Gasteiger partial charge < -0.3 is 0 Å². The fraction of sp³-hybridized carbons (Fsp3) is 0.250. The Morgan fingerprint density at radius 1 is 0.455 bits per heavy atom. The molecule has 0 nitrogen and oxygen atoms in total. The smallest absolute Gasteiger partial charge is 0.0371 e. The van der Waals surface area contributed by atoms with Gasteiger partial charge in [0.25, 0.3) is 0 Å². The topological polar surface area (TPSA) is 0 Å². The van der Waals surface area contributed by atoms with Crippen LogP contribution in [0.5, 0.6) is 0 Å². The summed E-state index contributed by atoms with van der Waals surface area (Å²) in [5.41, 5.74) is 6.18. The summed E-state index contributed by atoms with van der Waals surface area (Å²) in [5, 5.41) is 0. The molecule has 0 unspecified atom stereocenters. The second kappa shape index (κ2) is 6.12. The molecule has 22 heavy (non-hydrogen) atoms. The molecule has 0 radical (unpaired) electrons. The van der Waals surface area contributed by atoms with E-state index in [0.29, 0.717) is 0 Å². The van der Waals surface area contributed by atoms with Crippen LogP contribution in [0.2, 0.25) is 0 Å². The van der Waals surface area contributed by atoms with Crippen molar-refractivity contribution in [3.05, 3.63) is 46.5 Å². The van der Waals surface area contributed by atoms with E-state index in [2.05, 4.69) is 24.3 Å². The summed E-state index contributed by atoms with van der Waals surface area (Å²) < 4.78 is 0. The van der Waals surface area contributed by atoms with Gasteiger partial charge in [-0.2, -0.15) is 0 Å². The fourth-order valence-corrected chi connectivity index (χ4v) is 12.9. The summed E-state index contributed by atoms with van der Waals surface area (Å²) in [5.74, 6) is 0. The van der Waals surface area contributed by atoms with Crippen LogP contribution in [-0.2, 0) is 25.7 Å². The van der Waals surface area contributed by atoms with Crippen LogP contribution < -0.4 is 0 Å². The molecule has 0 spiro atoms. The molecule has 112 valence electrons. The molecule has 0 saturated carbocycles. The van der Waals surface area contributed by atoms with Crippen LogP contribution in [0, 0.1) is 0 Å². The van der Waals surface area contributed by atoms with E-state index in [1.807, 2.05) is 62.8 Å². The summed E-state index contributed by atoms with van der Waals surface area (Å²) in [6.07, 6.45) is 4.66. The van der Waals surface area contributed by atoms with E-state index >= 15 is 0 Å². The van der Waals surface area contributed by atoms with E-state index in [4.69, 9.17) is 0 Å². The molecular formula is C16H12S6. The lowest BCUT2D eigenvalue weighted by Gasteiger charge is -2.16. The number of fused-ring (bicyclic) bond motifs is 4. The first-order chi connectivity index (χ1) is 10.9. The predicted molar refractivity (Wildman–Crippen MR) is 106 cm³/mol. The Labute approximate surface area is 153 Å². The molecule has 0 N–H and O–H groups in total. The molecular weight excluding hydrogens is 385 g/mol. The van der Waals surface area contributed by atoms with Crippen molar-refractivity contribution >= 4 is 62.8 Å². The lowest BCUT2D eigenvalue weighted by Crippen LogP contribution is -2.03. The van der Waals surface area contributed by atoms with Crippen molar-refractivity contribution in [3.8, 4) is 0 Å². The molecule has 0 fully saturated rings. The van der Waals surface area contributed by atoms with Crippen molar-refractivity contribution in [1.82, 2.24) is 0 Å². The minimum atomic E-state index is 1.17. The quantitative estimate of drug-likeness (QED) is 0.433. The SMILES string of the molecule is c1cc2c3c(c1CCc1ccc(c4c1SSS4)CC2)SSS3. The summed E-state index contributed by atoms with van der Waals surface area (Å²) in [6.45, 7) is 0. The van der Waals surface area contributed by atoms with Crippen LogP contribution in [0.3, 0.4) is 0 Å². The summed E-state index contributed by atoms with van der Waals surface area (Å²) >= 11 is 0. The third-order valence-corrected chi connectivity index (χ3v) is 12.7. The Morgan fingerprint density at radius 3 is 1.00 bits per heavy atom. The van der Waals surface area contributed by atoms with Gasteiger partial charge in [-0.15, -0.1) is 0 Å². The summed E-state index contributed by atoms with van der Waals surface area (Å²) in [7, 11) is 11.7. The average Bonchev–Trinajstić information content (AvgIpc) is 3.18. The molecule has 4 aliphatic rings. The third-order valence-electron chi connectivity index (χ3n) is 4.35. The average molecular weight is 397 g/mol. The zero-order valence-corrected chi connectivity index (χ0v) is 16.5. The largest absolute Gasteiger partial charge is 0.0575 e. The molecule has 0 aromatic heterocycles. The van der Waals surface area contributed by atoms with Gasteiger partial charge in [0.05, 0.1) is 0 Å². The Hall–Kier alpha value is 0.540. The number of aryl methyl sites for hydroxylation is 4. The van der Waals surface area contributed by atoms with Gasteiger partial charge in [0.15, 0.2) is 0 Å². The highest BCUT2D eigenvalue weighted by atomic mass is 33.5. The Bertz CT molecular complexity index is 642. The van der Waals surface area contributed by atoms with Gasteiger partial charge in [-0.05, 0) is 111 Å².